The average molecular weight is 326 g/mol. The maximum atomic E-state index is 5.89. The summed E-state index contributed by atoms with van der Waals surface area (Å²) in [6.45, 7) is 2.59. The first kappa shape index (κ1) is 15.2. The van der Waals surface area contributed by atoms with Gasteiger partial charge in [-0.25, -0.2) is 4.98 Å². The van der Waals surface area contributed by atoms with E-state index < -0.39 is 0 Å². The van der Waals surface area contributed by atoms with Crippen molar-refractivity contribution >= 4 is 29.1 Å². The van der Waals surface area contributed by atoms with Crippen LogP contribution in [0.4, 0.5) is 17.5 Å². The predicted octanol–water partition coefficient (Wildman–Crippen LogP) is 4.19. The highest BCUT2D eigenvalue weighted by Gasteiger charge is 2.03. The number of halogens is 1. The number of nitrogens with one attached hydrogen (secondary N) is 2. The smallest absolute Gasteiger partial charge is 0.229 e. The van der Waals surface area contributed by atoms with Gasteiger partial charge in [0.2, 0.25) is 5.95 Å². The van der Waals surface area contributed by atoms with Gasteiger partial charge in [0, 0.05) is 41.4 Å². The van der Waals surface area contributed by atoms with Gasteiger partial charge in [0.05, 0.1) is 0 Å². The van der Waals surface area contributed by atoms with Crippen LogP contribution in [-0.4, -0.2) is 15.0 Å². The normalized spacial score (nSPS) is 10.3. The number of aromatic nitrogens is 3. The second kappa shape index (κ2) is 7.07. The van der Waals surface area contributed by atoms with Crippen LogP contribution in [0.2, 0.25) is 5.02 Å². The van der Waals surface area contributed by atoms with E-state index in [1.54, 1.807) is 6.20 Å². The summed E-state index contributed by atoms with van der Waals surface area (Å²) in [6.07, 6.45) is 3.58. The van der Waals surface area contributed by atoms with E-state index in [2.05, 4.69) is 25.6 Å². The largest absolute Gasteiger partial charge is 0.366 e. The molecule has 116 valence electrons. The van der Waals surface area contributed by atoms with Gasteiger partial charge in [0.25, 0.3) is 0 Å². The summed E-state index contributed by atoms with van der Waals surface area (Å²) in [5.74, 6) is 1.30. The fraction of sp³-hybridized carbons (Fsp3) is 0.118. The Balaban J connectivity index is 1.72. The molecule has 0 bridgehead atoms. The van der Waals surface area contributed by atoms with Crippen LogP contribution in [0.25, 0.3) is 0 Å². The van der Waals surface area contributed by atoms with E-state index in [0.29, 0.717) is 17.5 Å². The van der Waals surface area contributed by atoms with Crippen LogP contribution in [0.1, 0.15) is 11.3 Å². The Morgan fingerprint density at radius 1 is 1.09 bits per heavy atom. The zero-order valence-corrected chi connectivity index (χ0v) is 13.4. The van der Waals surface area contributed by atoms with Gasteiger partial charge < -0.3 is 10.6 Å². The molecular weight excluding hydrogens is 310 g/mol. The predicted molar refractivity (Wildman–Crippen MR) is 93.1 cm³/mol. The monoisotopic (exact) mass is 325 g/mol. The molecule has 0 radical (unpaired) electrons. The maximum Gasteiger partial charge on any atom is 0.229 e. The second-order valence-corrected chi connectivity index (χ2v) is 5.50. The van der Waals surface area contributed by atoms with Crippen LogP contribution in [-0.2, 0) is 6.54 Å². The fourth-order valence-electron chi connectivity index (χ4n) is 2.07. The van der Waals surface area contributed by atoms with Gasteiger partial charge in [-0.2, -0.15) is 4.98 Å². The lowest BCUT2D eigenvalue weighted by Crippen LogP contribution is -2.05. The third-order valence-corrected chi connectivity index (χ3v) is 3.40. The van der Waals surface area contributed by atoms with Crippen LogP contribution in [0, 0.1) is 6.92 Å². The molecule has 1 aromatic carbocycles. The lowest BCUT2D eigenvalue weighted by atomic mass is 10.3. The first-order valence-corrected chi connectivity index (χ1v) is 7.58. The molecule has 0 fully saturated rings. The molecular formula is C17H16ClN5. The second-order valence-electron chi connectivity index (χ2n) is 5.06. The Morgan fingerprint density at radius 3 is 2.65 bits per heavy atom. The molecule has 0 saturated carbocycles. The first-order valence-electron chi connectivity index (χ1n) is 7.20. The van der Waals surface area contributed by atoms with Crippen molar-refractivity contribution in [1.82, 2.24) is 15.0 Å². The summed E-state index contributed by atoms with van der Waals surface area (Å²) >= 11 is 5.89. The van der Waals surface area contributed by atoms with Crippen molar-refractivity contribution < 1.29 is 0 Å². The summed E-state index contributed by atoms with van der Waals surface area (Å²) in [4.78, 5) is 13.0. The standard InChI is InChI=1S/C17H16ClN5/c1-12-9-16(20-11-13-3-2-8-19-10-13)23-17(21-12)22-15-6-4-14(18)5-7-15/h2-10H,11H2,1H3,(H2,20,21,22,23). The van der Waals surface area contributed by atoms with E-state index in [1.807, 2.05) is 55.6 Å². The van der Waals surface area contributed by atoms with E-state index in [0.717, 1.165) is 22.8 Å². The van der Waals surface area contributed by atoms with Gasteiger partial charge in [-0.05, 0) is 42.8 Å². The molecule has 0 spiro atoms. The Bertz CT molecular complexity index is 775. The maximum absolute atomic E-state index is 5.89. The van der Waals surface area contributed by atoms with Crippen molar-refractivity contribution in [1.29, 1.82) is 0 Å². The third-order valence-electron chi connectivity index (χ3n) is 3.15. The highest BCUT2D eigenvalue weighted by Crippen LogP contribution is 2.18. The van der Waals surface area contributed by atoms with Gasteiger partial charge in [-0.3, -0.25) is 4.98 Å². The van der Waals surface area contributed by atoms with Crippen molar-refractivity contribution in [3.8, 4) is 0 Å². The molecule has 5 nitrogen and oxygen atoms in total. The minimum atomic E-state index is 0.543. The molecule has 0 aliphatic rings. The minimum Gasteiger partial charge on any atom is -0.366 e. The first-order chi connectivity index (χ1) is 11.2. The topological polar surface area (TPSA) is 62.7 Å². The molecule has 0 aliphatic carbocycles. The SMILES string of the molecule is Cc1cc(NCc2cccnc2)nc(Nc2ccc(Cl)cc2)n1. The van der Waals surface area contributed by atoms with Crippen molar-refractivity contribution in [3.05, 3.63) is 71.1 Å². The minimum absolute atomic E-state index is 0.543. The number of benzene rings is 1. The number of anilines is 3. The van der Waals surface area contributed by atoms with E-state index in [-0.39, 0.29) is 0 Å². The molecule has 0 unspecified atom stereocenters. The summed E-state index contributed by atoms with van der Waals surface area (Å²) < 4.78 is 0. The summed E-state index contributed by atoms with van der Waals surface area (Å²) in [5, 5.41) is 7.16. The van der Waals surface area contributed by atoms with Crippen LogP contribution in [0.15, 0.2) is 54.9 Å². The van der Waals surface area contributed by atoms with Crippen LogP contribution < -0.4 is 10.6 Å². The lowest BCUT2D eigenvalue weighted by molar-refractivity contribution is 1.05. The number of pyridine rings is 1. The molecule has 3 rings (SSSR count). The number of hydrogen-bond donors (Lipinski definition) is 2. The number of hydrogen-bond acceptors (Lipinski definition) is 5. The van der Waals surface area contributed by atoms with Crippen LogP contribution in [0.3, 0.4) is 0 Å². The highest BCUT2D eigenvalue weighted by atomic mass is 35.5. The van der Waals surface area contributed by atoms with Gasteiger partial charge in [0.15, 0.2) is 0 Å². The van der Waals surface area contributed by atoms with Crippen LogP contribution in [0.5, 0.6) is 0 Å². The van der Waals surface area contributed by atoms with Gasteiger partial charge in [0.1, 0.15) is 5.82 Å². The summed E-state index contributed by atoms with van der Waals surface area (Å²) in [7, 11) is 0. The van der Waals surface area contributed by atoms with Crippen LogP contribution >= 0.6 is 11.6 Å². The highest BCUT2D eigenvalue weighted by molar-refractivity contribution is 6.30. The van der Waals surface area contributed by atoms with Crippen molar-refractivity contribution in [2.45, 2.75) is 13.5 Å². The average Bonchev–Trinajstić information content (AvgIpc) is 2.56. The van der Waals surface area contributed by atoms with E-state index in [1.165, 1.54) is 0 Å². The molecule has 0 saturated heterocycles. The summed E-state index contributed by atoms with van der Waals surface area (Å²) in [6, 6.07) is 13.2. The number of aryl methyl sites for hydroxylation is 1. The number of nitrogens with zero attached hydrogens (tertiary/aromatic N) is 3. The Hall–Kier alpha value is -2.66. The summed E-state index contributed by atoms with van der Waals surface area (Å²) in [5.41, 5.74) is 2.86. The molecule has 2 heterocycles. The van der Waals surface area contributed by atoms with Crippen molar-refractivity contribution in [2.75, 3.05) is 10.6 Å². The fourth-order valence-corrected chi connectivity index (χ4v) is 2.20. The Labute approximate surface area is 139 Å². The van der Waals surface area contributed by atoms with Crippen molar-refractivity contribution in [3.63, 3.8) is 0 Å². The quantitative estimate of drug-likeness (QED) is 0.736. The number of rotatable bonds is 5. The van der Waals surface area contributed by atoms with Gasteiger partial charge >= 0.3 is 0 Å². The van der Waals surface area contributed by atoms with Gasteiger partial charge in [-0.15, -0.1) is 0 Å². The van der Waals surface area contributed by atoms with E-state index in [4.69, 9.17) is 11.6 Å². The molecule has 2 aromatic heterocycles. The van der Waals surface area contributed by atoms with Crippen molar-refractivity contribution in [2.24, 2.45) is 0 Å². The van der Waals surface area contributed by atoms with E-state index in [9.17, 15) is 0 Å². The molecule has 0 atom stereocenters. The molecule has 6 heteroatoms. The zero-order valence-electron chi connectivity index (χ0n) is 12.6. The molecule has 0 aliphatic heterocycles. The third kappa shape index (κ3) is 4.40. The molecule has 3 aromatic rings. The Kier molecular flexibility index (Phi) is 4.68. The zero-order chi connectivity index (χ0) is 16.1. The molecule has 23 heavy (non-hydrogen) atoms. The Morgan fingerprint density at radius 2 is 1.91 bits per heavy atom. The van der Waals surface area contributed by atoms with Gasteiger partial charge in [-0.1, -0.05) is 17.7 Å². The molecule has 2 N–H and O–H groups in total. The lowest BCUT2D eigenvalue weighted by Gasteiger charge is -2.10. The molecule has 0 amide bonds. The van der Waals surface area contributed by atoms with E-state index >= 15 is 0 Å².